The van der Waals surface area contributed by atoms with Crippen molar-refractivity contribution in [2.45, 2.75) is 20.4 Å². The van der Waals surface area contributed by atoms with E-state index >= 15 is 0 Å². The zero-order valence-corrected chi connectivity index (χ0v) is 17.9. The number of nitrogens with one attached hydrogen (secondary N) is 1. The summed E-state index contributed by atoms with van der Waals surface area (Å²) in [5, 5.41) is 3.15. The first-order chi connectivity index (χ1) is 15.5. The number of nitrogens with zero attached hydrogens (tertiary/aromatic N) is 1. The molecule has 3 aromatic carbocycles. The second-order valence-corrected chi connectivity index (χ2v) is 7.44. The molecule has 0 bridgehead atoms. The maximum Gasteiger partial charge on any atom is 0.278 e. The van der Waals surface area contributed by atoms with Crippen LogP contribution in [0.15, 0.2) is 78.5 Å². The number of hydrogen-bond donors (Lipinski definition) is 1. The molecular formula is C26H23FN2O3. The third kappa shape index (κ3) is 4.12. The summed E-state index contributed by atoms with van der Waals surface area (Å²) in [6, 6.07) is 20.6. The van der Waals surface area contributed by atoms with Crippen molar-refractivity contribution in [2.75, 3.05) is 11.9 Å². The Morgan fingerprint density at radius 3 is 2.28 bits per heavy atom. The predicted molar refractivity (Wildman–Crippen MR) is 121 cm³/mol. The van der Waals surface area contributed by atoms with Crippen LogP contribution in [0.1, 0.15) is 23.6 Å². The molecule has 0 fully saturated rings. The Labute approximate surface area is 186 Å². The summed E-state index contributed by atoms with van der Waals surface area (Å²) >= 11 is 0. The topological polar surface area (TPSA) is 58.6 Å². The minimum absolute atomic E-state index is 0.149. The molecule has 1 aliphatic rings. The van der Waals surface area contributed by atoms with E-state index in [4.69, 9.17) is 4.74 Å². The van der Waals surface area contributed by atoms with Gasteiger partial charge in [0, 0.05) is 11.3 Å². The molecule has 0 aromatic heterocycles. The van der Waals surface area contributed by atoms with Gasteiger partial charge < -0.3 is 10.1 Å². The molecule has 6 heteroatoms. The average Bonchev–Trinajstić information content (AvgIpc) is 3.02. The summed E-state index contributed by atoms with van der Waals surface area (Å²) in [5.41, 5.74) is 2.93. The van der Waals surface area contributed by atoms with Gasteiger partial charge in [-0.1, -0.05) is 48.5 Å². The van der Waals surface area contributed by atoms with Gasteiger partial charge in [0.25, 0.3) is 11.8 Å². The van der Waals surface area contributed by atoms with Crippen molar-refractivity contribution in [3.8, 4) is 5.75 Å². The standard InChI is InChI=1S/C26H23FN2O3/c1-3-32-20-14-12-18(13-15-20)23-24(28-22-11-7-4-8-17(22)2)26(31)29(25(23)30)16-19-9-5-6-10-21(19)27/h4-15,28H,3,16H2,1-2H3. The number of amides is 2. The van der Waals surface area contributed by atoms with Crippen molar-refractivity contribution >= 4 is 23.1 Å². The summed E-state index contributed by atoms with van der Waals surface area (Å²) in [6.45, 7) is 4.18. The van der Waals surface area contributed by atoms with Crippen LogP contribution in [-0.4, -0.2) is 23.3 Å². The minimum atomic E-state index is -0.495. The van der Waals surface area contributed by atoms with Gasteiger partial charge in [-0.05, 0) is 49.2 Å². The largest absolute Gasteiger partial charge is 0.494 e. The SMILES string of the molecule is CCOc1ccc(C2=C(Nc3ccccc3C)C(=O)N(Cc3ccccc3F)C2=O)cc1. The monoisotopic (exact) mass is 430 g/mol. The Morgan fingerprint density at radius 1 is 0.906 bits per heavy atom. The first-order valence-corrected chi connectivity index (χ1v) is 10.4. The maximum atomic E-state index is 14.2. The molecule has 3 aromatic rings. The quantitative estimate of drug-likeness (QED) is 0.541. The molecule has 4 rings (SSSR count). The summed E-state index contributed by atoms with van der Waals surface area (Å²) in [4.78, 5) is 27.8. The molecule has 1 heterocycles. The van der Waals surface area contributed by atoms with Crippen LogP contribution in [0.5, 0.6) is 5.75 Å². The van der Waals surface area contributed by atoms with E-state index in [0.29, 0.717) is 17.9 Å². The smallest absolute Gasteiger partial charge is 0.278 e. The van der Waals surface area contributed by atoms with Gasteiger partial charge in [-0.3, -0.25) is 14.5 Å². The van der Waals surface area contributed by atoms with Gasteiger partial charge in [-0.25, -0.2) is 4.39 Å². The molecule has 0 spiro atoms. The number of anilines is 1. The van der Waals surface area contributed by atoms with E-state index in [0.717, 1.165) is 16.2 Å². The van der Waals surface area contributed by atoms with Crippen LogP contribution in [0.25, 0.3) is 5.57 Å². The average molecular weight is 430 g/mol. The second kappa shape index (κ2) is 9.06. The Hall–Kier alpha value is -3.93. The summed E-state index contributed by atoms with van der Waals surface area (Å²) in [5.74, 6) is -0.759. The highest BCUT2D eigenvalue weighted by atomic mass is 19.1. The Morgan fingerprint density at radius 2 is 1.59 bits per heavy atom. The predicted octanol–water partition coefficient (Wildman–Crippen LogP) is 4.93. The van der Waals surface area contributed by atoms with E-state index in [1.165, 1.54) is 6.07 Å². The number of aryl methyl sites for hydroxylation is 1. The van der Waals surface area contributed by atoms with Crippen molar-refractivity contribution in [3.63, 3.8) is 0 Å². The van der Waals surface area contributed by atoms with Gasteiger partial charge in [0.2, 0.25) is 0 Å². The number of carbonyl (C=O) groups is 2. The number of carbonyl (C=O) groups excluding carboxylic acids is 2. The fraction of sp³-hybridized carbons (Fsp3) is 0.154. The fourth-order valence-electron chi connectivity index (χ4n) is 3.63. The van der Waals surface area contributed by atoms with Crippen LogP contribution in [-0.2, 0) is 16.1 Å². The minimum Gasteiger partial charge on any atom is -0.494 e. The van der Waals surface area contributed by atoms with E-state index in [9.17, 15) is 14.0 Å². The number of imide groups is 1. The molecule has 0 aliphatic carbocycles. The van der Waals surface area contributed by atoms with Crippen LogP contribution < -0.4 is 10.1 Å². The zero-order valence-electron chi connectivity index (χ0n) is 17.9. The van der Waals surface area contributed by atoms with E-state index in [1.807, 2.05) is 38.1 Å². The third-order valence-electron chi connectivity index (χ3n) is 5.31. The molecule has 1 N–H and O–H groups in total. The first-order valence-electron chi connectivity index (χ1n) is 10.4. The molecule has 5 nitrogen and oxygen atoms in total. The maximum absolute atomic E-state index is 14.2. The van der Waals surface area contributed by atoms with Crippen LogP contribution in [0, 0.1) is 12.7 Å². The van der Waals surface area contributed by atoms with Gasteiger partial charge in [-0.2, -0.15) is 0 Å². The highest BCUT2D eigenvalue weighted by Crippen LogP contribution is 2.33. The van der Waals surface area contributed by atoms with E-state index in [1.54, 1.807) is 42.5 Å². The molecule has 0 saturated carbocycles. The Kier molecular flexibility index (Phi) is 6.03. The van der Waals surface area contributed by atoms with E-state index in [2.05, 4.69) is 5.32 Å². The Bertz CT molecular complexity index is 1200. The van der Waals surface area contributed by atoms with Crippen LogP contribution in [0.3, 0.4) is 0 Å². The van der Waals surface area contributed by atoms with Gasteiger partial charge in [-0.15, -0.1) is 0 Å². The van der Waals surface area contributed by atoms with Crippen LogP contribution >= 0.6 is 0 Å². The van der Waals surface area contributed by atoms with Crippen molar-refractivity contribution in [2.24, 2.45) is 0 Å². The molecule has 2 amide bonds. The molecule has 0 saturated heterocycles. The molecule has 0 atom stereocenters. The number of benzene rings is 3. The van der Waals surface area contributed by atoms with Crippen molar-refractivity contribution < 1.29 is 18.7 Å². The molecule has 162 valence electrons. The van der Waals surface area contributed by atoms with Crippen LogP contribution in [0.2, 0.25) is 0 Å². The lowest BCUT2D eigenvalue weighted by Crippen LogP contribution is -2.32. The van der Waals surface area contributed by atoms with Gasteiger partial charge in [0.05, 0.1) is 18.7 Å². The first kappa shape index (κ1) is 21.3. The number of para-hydroxylation sites is 1. The molecule has 0 unspecified atom stereocenters. The molecular weight excluding hydrogens is 407 g/mol. The number of halogens is 1. The van der Waals surface area contributed by atoms with Crippen molar-refractivity contribution in [1.82, 2.24) is 4.90 Å². The van der Waals surface area contributed by atoms with E-state index in [-0.39, 0.29) is 23.4 Å². The van der Waals surface area contributed by atoms with Crippen molar-refractivity contribution in [3.05, 3.63) is 101 Å². The van der Waals surface area contributed by atoms with Gasteiger partial charge in [0.15, 0.2) is 0 Å². The lowest BCUT2D eigenvalue weighted by atomic mass is 10.0. The zero-order chi connectivity index (χ0) is 22.7. The number of hydrogen-bond acceptors (Lipinski definition) is 4. The second-order valence-electron chi connectivity index (χ2n) is 7.44. The highest BCUT2D eigenvalue weighted by molar-refractivity contribution is 6.36. The summed E-state index contributed by atoms with van der Waals surface area (Å²) < 4.78 is 19.7. The molecule has 32 heavy (non-hydrogen) atoms. The van der Waals surface area contributed by atoms with Gasteiger partial charge in [0.1, 0.15) is 17.3 Å². The summed E-state index contributed by atoms with van der Waals surface area (Å²) in [6.07, 6.45) is 0. The fourth-order valence-corrected chi connectivity index (χ4v) is 3.63. The van der Waals surface area contributed by atoms with Crippen molar-refractivity contribution in [1.29, 1.82) is 0 Å². The normalized spacial score (nSPS) is 13.7. The Balaban J connectivity index is 1.75. The molecule has 1 aliphatic heterocycles. The van der Waals surface area contributed by atoms with Crippen LogP contribution in [0.4, 0.5) is 10.1 Å². The number of rotatable bonds is 7. The van der Waals surface area contributed by atoms with Gasteiger partial charge >= 0.3 is 0 Å². The summed E-state index contributed by atoms with van der Waals surface area (Å²) in [7, 11) is 0. The van der Waals surface area contributed by atoms with E-state index < -0.39 is 17.6 Å². The molecule has 0 radical (unpaired) electrons. The highest BCUT2D eigenvalue weighted by Gasteiger charge is 2.39. The lowest BCUT2D eigenvalue weighted by molar-refractivity contribution is -0.137. The lowest BCUT2D eigenvalue weighted by Gasteiger charge is -2.16. The number of ether oxygens (including phenoxy) is 1. The third-order valence-corrected chi connectivity index (χ3v) is 5.31.